The van der Waals surface area contributed by atoms with Crippen LogP contribution in [0.3, 0.4) is 0 Å². The molecule has 0 saturated carbocycles. The van der Waals surface area contributed by atoms with Gasteiger partial charge in [-0.15, -0.1) is 0 Å². The topological polar surface area (TPSA) is 88.7 Å². The van der Waals surface area contributed by atoms with Crippen molar-refractivity contribution in [1.82, 2.24) is 39.7 Å². The average Bonchev–Trinajstić information content (AvgIpc) is 3.47. The molecule has 1 aromatic carbocycles. The Morgan fingerprint density at radius 1 is 1.06 bits per heavy atom. The van der Waals surface area contributed by atoms with Gasteiger partial charge in [0, 0.05) is 74.9 Å². The molecule has 4 aromatic rings. The average molecular weight is 470 g/mol. The minimum atomic E-state index is 0.314. The fourth-order valence-corrected chi connectivity index (χ4v) is 5.16. The Morgan fingerprint density at radius 3 is 2.71 bits per heavy atom. The molecule has 4 heterocycles. The lowest BCUT2D eigenvalue weighted by Gasteiger charge is -2.26. The number of benzene rings is 1. The monoisotopic (exact) mass is 469 g/mol. The highest BCUT2D eigenvalue weighted by atomic mass is 15.3. The third-order valence-corrected chi connectivity index (χ3v) is 6.99. The summed E-state index contributed by atoms with van der Waals surface area (Å²) in [4.78, 5) is 12.1. The lowest BCUT2D eigenvalue weighted by molar-refractivity contribution is 0.229. The molecule has 0 radical (unpaired) electrons. The van der Waals surface area contributed by atoms with E-state index in [9.17, 15) is 0 Å². The molecule has 0 unspecified atom stereocenters. The van der Waals surface area contributed by atoms with Crippen LogP contribution in [0.4, 0.5) is 11.8 Å². The second-order valence-corrected chi connectivity index (χ2v) is 9.44. The molecule has 0 bridgehead atoms. The molecule has 9 heteroatoms. The molecule has 35 heavy (non-hydrogen) atoms. The van der Waals surface area contributed by atoms with E-state index in [0.29, 0.717) is 11.9 Å². The van der Waals surface area contributed by atoms with Crippen LogP contribution in [0.2, 0.25) is 0 Å². The van der Waals surface area contributed by atoms with Gasteiger partial charge in [-0.05, 0) is 12.3 Å². The standard InChI is InChI=1S/C26H31N9/c1-18-16-21-23(25(33(2)31-21)19-6-4-3-5-7-19)24-20(18)17-28-26(30-24)29-22-8-11-35(32-22)15-14-34-12-9-27-10-13-34/h3-8,11,17-18,27H,9-10,12-16H2,1-2H3,(H,28,29,30,32)/t18-/m1/s1. The first-order chi connectivity index (χ1) is 17.2. The molecule has 1 aliphatic heterocycles. The number of nitrogens with one attached hydrogen (secondary N) is 2. The highest BCUT2D eigenvalue weighted by Crippen LogP contribution is 2.43. The predicted molar refractivity (Wildman–Crippen MR) is 137 cm³/mol. The molecule has 9 nitrogen and oxygen atoms in total. The van der Waals surface area contributed by atoms with Gasteiger partial charge in [0.25, 0.3) is 0 Å². The Hall–Kier alpha value is -3.56. The quantitative estimate of drug-likeness (QED) is 0.449. The highest BCUT2D eigenvalue weighted by molar-refractivity contribution is 5.84. The number of aromatic nitrogens is 6. The van der Waals surface area contributed by atoms with Crippen LogP contribution in [0.25, 0.3) is 22.5 Å². The number of hydrogen-bond acceptors (Lipinski definition) is 7. The maximum Gasteiger partial charge on any atom is 0.228 e. The van der Waals surface area contributed by atoms with Crippen LogP contribution >= 0.6 is 0 Å². The second kappa shape index (κ2) is 9.24. The fraction of sp³-hybridized carbons (Fsp3) is 0.385. The Kier molecular flexibility index (Phi) is 5.79. The first kappa shape index (κ1) is 21.9. The second-order valence-electron chi connectivity index (χ2n) is 9.44. The zero-order valence-corrected chi connectivity index (χ0v) is 20.3. The number of rotatable bonds is 6. The van der Waals surface area contributed by atoms with Gasteiger partial charge >= 0.3 is 0 Å². The van der Waals surface area contributed by atoms with Gasteiger partial charge in [-0.3, -0.25) is 14.3 Å². The molecule has 1 aliphatic carbocycles. The molecular weight excluding hydrogens is 438 g/mol. The van der Waals surface area contributed by atoms with Crippen LogP contribution in [-0.2, 0) is 20.0 Å². The lowest BCUT2D eigenvalue weighted by atomic mass is 9.85. The van der Waals surface area contributed by atoms with Crippen molar-refractivity contribution in [3.63, 3.8) is 0 Å². The van der Waals surface area contributed by atoms with Crippen LogP contribution in [0.1, 0.15) is 24.1 Å². The SMILES string of the molecule is C[C@@H]1Cc2nn(C)c(-c3ccccc3)c2-c2nc(Nc3ccn(CCN4CCNCC4)n3)ncc21. The van der Waals surface area contributed by atoms with E-state index < -0.39 is 0 Å². The first-order valence-corrected chi connectivity index (χ1v) is 12.4. The highest BCUT2D eigenvalue weighted by Gasteiger charge is 2.30. The Bertz CT molecular complexity index is 1320. The number of aryl methyl sites for hydroxylation is 1. The normalized spacial score (nSPS) is 17.7. The predicted octanol–water partition coefficient (Wildman–Crippen LogP) is 3.05. The van der Waals surface area contributed by atoms with Crippen molar-refractivity contribution >= 4 is 11.8 Å². The van der Waals surface area contributed by atoms with Crippen LogP contribution in [0.5, 0.6) is 0 Å². The van der Waals surface area contributed by atoms with Gasteiger partial charge in [-0.25, -0.2) is 9.97 Å². The molecule has 0 spiro atoms. The van der Waals surface area contributed by atoms with Crippen molar-refractivity contribution in [2.75, 3.05) is 38.0 Å². The molecule has 2 aliphatic rings. The van der Waals surface area contributed by atoms with E-state index >= 15 is 0 Å². The molecule has 1 fully saturated rings. The molecule has 1 saturated heterocycles. The molecule has 1 atom stereocenters. The van der Waals surface area contributed by atoms with E-state index in [1.807, 2.05) is 40.9 Å². The third-order valence-electron chi connectivity index (χ3n) is 6.99. The lowest BCUT2D eigenvalue weighted by Crippen LogP contribution is -2.44. The maximum absolute atomic E-state index is 4.99. The molecular formula is C26H31N9. The summed E-state index contributed by atoms with van der Waals surface area (Å²) in [6.07, 6.45) is 4.86. The van der Waals surface area contributed by atoms with Crippen LogP contribution < -0.4 is 10.6 Å². The van der Waals surface area contributed by atoms with Crippen molar-refractivity contribution in [3.8, 4) is 22.5 Å². The van der Waals surface area contributed by atoms with E-state index in [2.05, 4.69) is 51.7 Å². The third kappa shape index (κ3) is 4.33. The molecule has 3 aromatic heterocycles. The summed E-state index contributed by atoms with van der Waals surface area (Å²) in [5, 5.41) is 16.3. The Labute approximate surface area is 205 Å². The number of fused-ring (bicyclic) bond motifs is 3. The zero-order chi connectivity index (χ0) is 23.8. The summed E-state index contributed by atoms with van der Waals surface area (Å²) in [5.41, 5.74) is 6.55. The smallest absolute Gasteiger partial charge is 0.228 e. The van der Waals surface area contributed by atoms with Gasteiger partial charge in [0.2, 0.25) is 5.95 Å². The van der Waals surface area contributed by atoms with Crippen molar-refractivity contribution in [1.29, 1.82) is 0 Å². The molecule has 6 rings (SSSR count). The van der Waals surface area contributed by atoms with Crippen molar-refractivity contribution in [2.24, 2.45) is 7.05 Å². The van der Waals surface area contributed by atoms with Gasteiger partial charge in [0.1, 0.15) is 0 Å². The summed E-state index contributed by atoms with van der Waals surface area (Å²) in [5.74, 6) is 1.62. The van der Waals surface area contributed by atoms with Crippen molar-refractivity contribution in [3.05, 3.63) is 60.0 Å². The number of anilines is 2. The van der Waals surface area contributed by atoms with E-state index in [0.717, 1.165) is 85.3 Å². The van der Waals surface area contributed by atoms with Gasteiger partial charge in [-0.1, -0.05) is 37.3 Å². The summed E-state index contributed by atoms with van der Waals surface area (Å²) in [6.45, 7) is 8.39. The number of hydrogen-bond donors (Lipinski definition) is 2. The van der Waals surface area contributed by atoms with Crippen molar-refractivity contribution in [2.45, 2.75) is 25.8 Å². The summed E-state index contributed by atoms with van der Waals surface area (Å²) in [6, 6.07) is 12.4. The van der Waals surface area contributed by atoms with Crippen LogP contribution in [0.15, 0.2) is 48.8 Å². The molecule has 180 valence electrons. The van der Waals surface area contributed by atoms with E-state index in [1.54, 1.807) is 0 Å². The van der Waals surface area contributed by atoms with E-state index in [4.69, 9.17) is 15.2 Å². The van der Waals surface area contributed by atoms with E-state index in [-0.39, 0.29) is 0 Å². The Balaban J connectivity index is 1.26. The number of nitrogens with zero attached hydrogens (tertiary/aromatic N) is 7. The first-order valence-electron chi connectivity index (χ1n) is 12.4. The number of piperazine rings is 1. The largest absolute Gasteiger partial charge is 0.314 e. The van der Waals surface area contributed by atoms with E-state index in [1.165, 1.54) is 0 Å². The summed E-state index contributed by atoms with van der Waals surface area (Å²) in [7, 11) is 2.01. The molecule has 2 N–H and O–H groups in total. The van der Waals surface area contributed by atoms with Gasteiger partial charge in [0.15, 0.2) is 5.82 Å². The minimum Gasteiger partial charge on any atom is -0.314 e. The van der Waals surface area contributed by atoms with Gasteiger partial charge in [0.05, 0.1) is 23.6 Å². The summed E-state index contributed by atoms with van der Waals surface area (Å²) < 4.78 is 3.97. The van der Waals surface area contributed by atoms with Gasteiger partial charge in [-0.2, -0.15) is 10.2 Å². The van der Waals surface area contributed by atoms with Crippen molar-refractivity contribution < 1.29 is 0 Å². The minimum absolute atomic E-state index is 0.314. The zero-order valence-electron chi connectivity index (χ0n) is 20.3. The van der Waals surface area contributed by atoms with Crippen LogP contribution in [-0.4, -0.2) is 67.2 Å². The maximum atomic E-state index is 4.99. The molecule has 0 amide bonds. The summed E-state index contributed by atoms with van der Waals surface area (Å²) >= 11 is 0. The van der Waals surface area contributed by atoms with Crippen LogP contribution in [0, 0.1) is 0 Å². The fourth-order valence-electron chi connectivity index (χ4n) is 5.16. The Morgan fingerprint density at radius 2 is 1.89 bits per heavy atom. The van der Waals surface area contributed by atoms with Gasteiger partial charge < -0.3 is 10.6 Å².